The van der Waals surface area contributed by atoms with Gasteiger partial charge in [-0.05, 0) is 30.2 Å². The molecule has 2 saturated carbocycles. The van der Waals surface area contributed by atoms with Crippen molar-refractivity contribution in [2.75, 3.05) is 13.1 Å². The minimum absolute atomic E-state index is 0.188. The Hall–Kier alpha value is -1.84. The summed E-state index contributed by atoms with van der Waals surface area (Å²) in [5.74, 6) is -0.291. The number of likely N-dealkylation sites (tertiary alicyclic amines) is 1. The topological polar surface area (TPSA) is 57.6 Å². The second kappa shape index (κ2) is 5.36. The van der Waals surface area contributed by atoms with Crippen molar-refractivity contribution >= 4 is 11.9 Å². The quantitative estimate of drug-likeness (QED) is 0.933. The van der Waals surface area contributed by atoms with Gasteiger partial charge in [-0.1, -0.05) is 49.6 Å². The minimum atomic E-state index is -0.692. The predicted octanol–water partition coefficient (Wildman–Crippen LogP) is 2.68. The van der Waals surface area contributed by atoms with Crippen LogP contribution in [-0.2, 0) is 15.0 Å². The molecule has 0 bridgehead atoms. The number of carbonyl (C=O) groups excluding carboxylic acids is 1. The minimum Gasteiger partial charge on any atom is -0.481 e. The van der Waals surface area contributed by atoms with Crippen molar-refractivity contribution in [3.63, 3.8) is 0 Å². The lowest BCUT2D eigenvalue weighted by Gasteiger charge is -2.39. The molecule has 4 rings (SSSR count). The van der Waals surface area contributed by atoms with Gasteiger partial charge in [0.05, 0.1) is 11.3 Å². The molecule has 1 saturated heterocycles. The first-order valence-electron chi connectivity index (χ1n) is 8.71. The van der Waals surface area contributed by atoms with Crippen molar-refractivity contribution in [3.8, 4) is 0 Å². The third kappa shape index (κ3) is 2.27. The fourth-order valence-corrected chi connectivity index (χ4v) is 4.90. The van der Waals surface area contributed by atoms with Crippen LogP contribution in [0.15, 0.2) is 30.3 Å². The van der Waals surface area contributed by atoms with E-state index in [-0.39, 0.29) is 29.1 Å². The summed E-state index contributed by atoms with van der Waals surface area (Å²) in [4.78, 5) is 26.4. The summed E-state index contributed by atoms with van der Waals surface area (Å²) in [5, 5.41) is 9.16. The van der Waals surface area contributed by atoms with Gasteiger partial charge in [0.25, 0.3) is 0 Å². The van der Waals surface area contributed by atoms with Gasteiger partial charge >= 0.3 is 5.97 Å². The number of amides is 1. The van der Waals surface area contributed by atoms with Crippen LogP contribution in [0, 0.1) is 17.8 Å². The first-order valence-corrected chi connectivity index (χ1v) is 8.71. The number of hydrogen-bond donors (Lipinski definition) is 1. The molecule has 0 spiro atoms. The van der Waals surface area contributed by atoms with E-state index in [1.807, 2.05) is 23.1 Å². The SMILES string of the molecule is O=C(O)C1[C@H]2CN(C(=O)C3(c4ccccc4)CCCCC3)C[C@@H]12. The van der Waals surface area contributed by atoms with E-state index in [2.05, 4.69) is 12.1 Å². The van der Waals surface area contributed by atoms with Crippen molar-refractivity contribution in [2.24, 2.45) is 17.8 Å². The smallest absolute Gasteiger partial charge is 0.307 e. The maximum absolute atomic E-state index is 13.3. The molecule has 4 heteroatoms. The van der Waals surface area contributed by atoms with Gasteiger partial charge in [-0.2, -0.15) is 0 Å². The predicted molar refractivity (Wildman–Crippen MR) is 85.9 cm³/mol. The van der Waals surface area contributed by atoms with Crippen LogP contribution in [0.2, 0.25) is 0 Å². The normalized spacial score (nSPS) is 31.5. The maximum Gasteiger partial charge on any atom is 0.307 e. The summed E-state index contributed by atoms with van der Waals surface area (Å²) < 4.78 is 0. The van der Waals surface area contributed by atoms with E-state index in [0.29, 0.717) is 13.1 Å². The molecule has 2 aliphatic carbocycles. The van der Waals surface area contributed by atoms with Crippen LogP contribution < -0.4 is 0 Å². The maximum atomic E-state index is 13.3. The summed E-state index contributed by atoms with van der Waals surface area (Å²) in [6, 6.07) is 10.2. The number of fused-ring (bicyclic) bond motifs is 1. The number of aliphatic carboxylic acids is 1. The van der Waals surface area contributed by atoms with Crippen LogP contribution in [0.1, 0.15) is 37.7 Å². The monoisotopic (exact) mass is 313 g/mol. The molecule has 1 N–H and O–H groups in total. The zero-order valence-corrected chi connectivity index (χ0v) is 13.3. The van der Waals surface area contributed by atoms with Crippen LogP contribution in [0.3, 0.4) is 0 Å². The van der Waals surface area contributed by atoms with E-state index in [1.54, 1.807) is 0 Å². The van der Waals surface area contributed by atoms with Crippen molar-refractivity contribution in [3.05, 3.63) is 35.9 Å². The number of benzene rings is 1. The molecule has 1 aliphatic heterocycles. The molecule has 3 aliphatic rings. The lowest BCUT2D eigenvalue weighted by Crippen LogP contribution is -2.48. The third-order valence-electron chi connectivity index (χ3n) is 6.21. The van der Waals surface area contributed by atoms with E-state index in [0.717, 1.165) is 31.2 Å². The van der Waals surface area contributed by atoms with Crippen LogP contribution in [0.5, 0.6) is 0 Å². The molecule has 3 atom stereocenters. The molecule has 23 heavy (non-hydrogen) atoms. The molecule has 0 radical (unpaired) electrons. The van der Waals surface area contributed by atoms with Crippen LogP contribution in [0.25, 0.3) is 0 Å². The molecule has 1 aromatic rings. The van der Waals surface area contributed by atoms with Crippen LogP contribution >= 0.6 is 0 Å². The van der Waals surface area contributed by atoms with E-state index >= 15 is 0 Å². The first kappa shape index (κ1) is 14.7. The Balaban J connectivity index is 1.57. The Morgan fingerprint density at radius 3 is 2.17 bits per heavy atom. The van der Waals surface area contributed by atoms with Gasteiger partial charge in [-0.25, -0.2) is 0 Å². The van der Waals surface area contributed by atoms with E-state index in [1.165, 1.54) is 6.42 Å². The van der Waals surface area contributed by atoms with Crippen molar-refractivity contribution in [2.45, 2.75) is 37.5 Å². The first-order chi connectivity index (χ1) is 11.1. The van der Waals surface area contributed by atoms with Gasteiger partial charge in [0.15, 0.2) is 0 Å². The molecular weight excluding hydrogens is 290 g/mol. The lowest BCUT2D eigenvalue weighted by atomic mass is 9.68. The van der Waals surface area contributed by atoms with Crippen LogP contribution in [-0.4, -0.2) is 35.0 Å². The highest BCUT2D eigenvalue weighted by Crippen LogP contribution is 2.53. The van der Waals surface area contributed by atoms with Gasteiger partial charge in [-0.3, -0.25) is 9.59 Å². The van der Waals surface area contributed by atoms with Gasteiger partial charge in [0.2, 0.25) is 5.91 Å². The molecular formula is C19H23NO3. The van der Waals surface area contributed by atoms with Crippen LogP contribution in [0.4, 0.5) is 0 Å². The largest absolute Gasteiger partial charge is 0.481 e. The number of hydrogen-bond acceptors (Lipinski definition) is 2. The molecule has 0 aromatic heterocycles. The number of nitrogens with zero attached hydrogens (tertiary/aromatic N) is 1. The van der Waals surface area contributed by atoms with Gasteiger partial charge in [0.1, 0.15) is 0 Å². The van der Waals surface area contributed by atoms with E-state index in [4.69, 9.17) is 5.11 Å². The lowest BCUT2D eigenvalue weighted by molar-refractivity contribution is -0.143. The fourth-order valence-electron chi connectivity index (χ4n) is 4.90. The fraction of sp³-hybridized carbons (Fsp3) is 0.579. The summed E-state index contributed by atoms with van der Waals surface area (Å²) in [7, 11) is 0. The Morgan fingerprint density at radius 1 is 1.00 bits per heavy atom. The van der Waals surface area contributed by atoms with Crippen molar-refractivity contribution < 1.29 is 14.7 Å². The molecule has 4 nitrogen and oxygen atoms in total. The zero-order valence-electron chi connectivity index (χ0n) is 13.3. The summed E-state index contributed by atoms with van der Waals surface area (Å²) in [6.07, 6.45) is 5.24. The standard InChI is InChI=1S/C19H23NO3/c21-17(22)16-14-11-20(12-15(14)16)18(23)19(9-5-2-6-10-19)13-7-3-1-4-8-13/h1,3-4,7-8,14-16H,2,5-6,9-12H2,(H,21,22)/t14-,15+,16?. The average molecular weight is 313 g/mol. The summed E-state index contributed by atoms with van der Waals surface area (Å²) >= 11 is 0. The summed E-state index contributed by atoms with van der Waals surface area (Å²) in [5.41, 5.74) is 0.759. The number of rotatable bonds is 3. The van der Waals surface area contributed by atoms with Crippen molar-refractivity contribution in [1.29, 1.82) is 0 Å². The van der Waals surface area contributed by atoms with Gasteiger partial charge in [-0.15, -0.1) is 0 Å². The molecule has 3 fully saturated rings. The Morgan fingerprint density at radius 2 is 1.61 bits per heavy atom. The highest BCUT2D eigenvalue weighted by Gasteiger charge is 2.61. The van der Waals surface area contributed by atoms with E-state index < -0.39 is 5.97 Å². The highest BCUT2D eigenvalue weighted by atomic mass is 16.4. The molecule has 1 unspecified atom stereocenters. The second-order valence-corrected chi connectivity index (χ2v) is 7.41. The molecule has 1 aromatic carbocycles. The second-order valence-electron chi connectivity index (χ2n) is 7.41. The van der Waals surface area contributed by atoms with Crippen molar-refractivity contribution in [1.82, 2.24) is 4.90 Å². The zero-order chi connectivity index (χ0) is 16.0. The highest BCUT2D eigenvalue weighted by molar-refractivity contribution is 5.89. The molecule has 122 valence electrons. The Labute approximate surface area is 136 Å². The third-order valence-corrected chi connectivity index (χ3v) is 6.21. The average Bonchev–Trinajstić information content (AvgIpc) is 3.11. The Kier molecular flexibility index (Phi) is 3.43. The van der Waals surface area contributed by atoms with Gasteiger partial charge < -0.3 is 10.0 Å². The molecule has 1 heterocycles. The number of piperidine rings is 1. The van der Waals surface area contributed by atoms with E-state index in [9.17, 15) is 9.59 Å². The molecule has 1 amide bonds. The number of carboxylic acids is 1. The summed E-state index contributed by atoms with van der Waals surface area (Å²) in [6.45, 7) is 1.27. The number of carbonyl (C=O) groups is 2. The number of carboxylic acid groups (broad SMARTS) is 1. The Bertz CT molecular complexity index is 609. The van der Waals surface area contributed by atoms with Gasteiger partial charge in [0, 0.05) is 13.1 Å².